The van der Waals surface area contributed by atoms with E-state index < -0.39 is 0 Å². The van der Waals surface area contributed by atoms with Crippen molar-refractivity contribution in [1.82, 2.24) is 5.32 Å². The second kappa shape index (κ2) is 6.25. The van der Waals surface area contributed by atoms with Gasteiger partial charge in [-0.1, -0.05) is 0 Å². The van der Waals surface area contributed by atoms with Gasteiger partial charge in [0.1, 0.15) is 0 Å². The molecular weight excluding hydrogens is 202 g/mol. The van der Waals surface area contributed by atoms with Crippen molar-refractivity contribution in [2.45, 2.75) is 44.8 Å². The van der Waals surface area contributed by atoms with Crippen molar-refractivity contribution in [3.63, 3.8) is 0 Å². The number of halogens is 1. The lowest BCUT2D eigenvalue weighted by molar-refractivity contribution is -0.122. The van der Waals surface area contributed by atoms with Crippen molar-refractivity contribution in [3.8, 4) is 0 Å². The molecule has 2 atom stereocenters. The Hall–Kier alpha value is -0.280. The van der Waals surface area contributed by atoms with Crippen LogP contribution in [0, 0.1) is 0 Å². The number of rotatable bonds is 5. The molecule has 4 heteroatoms. The third-order valence-corrected chi connectivity index (χ3v) is 2.72. The van der Waals surface area contributed by atoms with Gasteiger partial charge in [-0.3, -0.25) is 4.79 Å². The number of alkyl halides is 1. The summed E-state index contributed by atoms with van der Waals surface area (Å²) in [6, 6.07) is 0.125. The van der Waals surface area contributed by atoms with Crippen LogP contribution in [0.3, 0.4) is 0 Å². The quantitative estimate of drug-likeness (QED) is 0.715. The molecule has 1 aliphatic rings. The molecule has 1 rings (SSSR count). The summed E-state index contributed by atoms with van der Waals surface area (Å²) in [6.45, 7) is 2.82. The highest BCUT2D eigenvalue weighted by Crippen LogP contribution is 2.15. The molecule has 0 radical (unpaired) electrons. The second-order valence-corrected chi connectivity index (χ2v) is 4.08. The summed E-state index contributed by atoms with van der Waals surface area (Å²) in [5, 5.41) is 2.93. The summed E-state index contributed by atoms with van der Waals surface area (Å²) >= 11 is 5.50. The molecule has 0 aromatic rings. The van der Waals surface area contributed by atoms with Crippen LogP contribution in [0.4, 0.5) is 0 Å². The molecule has 0 aromatic carbocycles. The van der Waals surface area contributed by atoms with Crippen molar-refractivity contribution in [3.05, 3.63) is 0 Å². The zero-order valence-corrected chi connectivity index (χ0v) is 9.35. The zero-order valence-electron chi connectivity index (χ0n) is 8.59. The van der Waals surface area contributed by atoms with Crippen molar-refractivity contribution >= 4 is 17.5 Å². The lowest BCUT2D eigenvalue weighted by atomic mass is 10.1. The third kappa shape index (κ3) is 3.84. The Kier molecular flexibility index (Phi) is 5.26. The van der Waals surface area contributed by atoms with Crippen LogP contribution in [0.2, 0.25) is 0 Å². The van der Waals surface area contributed by atoms with E-state index in [9.17, 15) is 4.79 Å². The molecule has 3 nitrogen and oxygen atoms in total. The fourth-order valence-corrected chi connectivity index (χ4v) is 1.78. The predicted molar refractivity (Wildman–Crippen MR) is 56.5 cm³/mol. The van der Waals surface area contributed by atoms with Crippen molar-refractivity contribution in [2.24, 2.45) is 0 Å². The van der Waals surface area contributed by atoms with E-state index >= 15 is 0 Å². The number of hydrogen-bond acceptors (Lipinski definition) is 2. The number of nitrogens with one attached hydrogen (secondary N) is 1. The van der Waals surface area contributed by atoms with E-state index in [0.717, 1.165) is 25.9 Å². The van der Waals surface area contributed by atoms with Gasteiger partial charge in [-0.15, -0.1) is 11.6 Å². The summed E-state index contributed by atoms with van der Waals surface area (Å²) in [4.78, 5) is 11.3. The average Bonchev–Trinajstić information content (AvgIpc) is 2.67. The predicted octanol–water partition coefficient (Wildman–Crippen LogP) is 1.69. The fraction of sp³-hybridized carbons (Fsp3) is 0.900. The maximum Gasteiger partial charge on any atom is 0.220 e. The van der Waals surface area contributed by atoms with E-state index in [0.29, 0.717) is 12.3 Å². The molecule has 0 aliphatic carbocycles. The van der Waals surface area contributed by atoms with Crippen LogP contribution in [-0.4, -0.2) is 30.5 Å². The molecule has 1 amide bonds. The van der Waals surface area contributed by atoms with Crippen molar-refractivity contribution in [2.75, 3.05) is 12.5 Å². The standard InChI is InChI=1S/C10H18ClNO2/c1-8(9-4-3-7-14-9)12-10(13)5-2-6-11/h8-9H,2-7H2,1H3,(H,12,13). The molecule has 1 N–H and O–H groups in total. The summed E-state index contributed by atoms with van der Waals surface area (Å²) in [5.74, 6) is 0.621. The first-order valence-electron chi connectivity index (χ1n) is 5.21. The monoisotopic (exact) mass is 219 g/mol. The van der Waals surface area contributed by atoms with Gasteiger partial charge in [0.25, 0.3) is 0 Å². The maximum atomic E-state index is 11.3. The smallest absolute Gasteiger partial charge is 0.220 e. The number of hydrogen-bond donors (Lipinski definition) is 1. The van der Waals surface area contributed by atoms with Gasteiger partial charge >= 0.3 is 0 Å². The van der Waals surface area contributed by atoms with Gasteiger partial charge in [-0.2, -0.15) is 0 Å². The molecule has 0 saturated carbocycles. The van der Waals surface area contributed by atoms with Crippen molar-refractivity contribution in [1.29, 1.82) is 0 Å². The van der Waals surface area contributed by atoms with Crippen LogP contribution in [0.1, 0.15) is 32.6 Å². The molecule has 1 heterocycles. The van der Waals surface area contributed by atoms with Crippen LogP contribution in [0.15, 0.2) is 0 Å². The summed E-state index contributed by atoms with van der Waals surface area (Å²) in [6.07, 6.45) is 3.62. The first-order chi connectivity index (χ1) is 6.74. The van der Waals surface area contributed by atoms with Gasteiger partial charge < -0.3 is 10.1 Å². The van der Waals surface area contributed by atoms with Crippen LogP contribution in [0.5, 0.6) is 0 Å². The van der Waals surface area contributed by atoms with E-state index in [2.05, 4.69) is 5.32 Å². The summed E-state index contributed by atoms with van der Waals surface area (Å²) in [7, 11) is 0. The van der Waals surface area contributed by atoms with Gasteiger partial charge in [0, 0.05) is 18.9 Å². The third-order valence-electron chi connectivity index (χ3n) is 2.45. The topological polar surface area (TPSA) is 38.3 Å². The van der Waals surface area contributed by atoms with Crippen LogP contribution in [0.25, 0.3) is 0 Å². The Morgan fingerprint density at radius 2 is 2.50 bits per heavy atom. The van der Waals surface area contributed by atoms with Gasteiger partial charge in [0.2, 0.25) is 5.91 Å². The normalized spacial score (nSPS) is 23.4. The molecule has 82 valence electrons. The highest BCUT2D eigenvalue weighted by atomic mass is 35.5. The number of carbonyl (C=O) groups excluding carboxylic acids is 1. The van der Waals surface area contributed by atoms with Gasteiger partial charge in [0.15, 0.2) is 0 Å². The minimum Gasteiger partial charge on any atom is -0.376 e. The van der Waals surface area contributed by atoms with E-state index in [1.54, 1.807) is 0 Å². The zero-order chi connectivity index (χ0) is 10.4. The molecule has 0 spiro atoms. The molecule has 0 aromatic heterocycles. The lowest BCUT2D eigenvalue weighted by Crippen LogP contribution is -2.40. The van der Waals surface area contributed by atoms with Crippen LogP contribution in [-0.2, 0) is 9.53 Å². The number of carbonyl (C=O) groups is 1. The van der Waals surface area contributed by atoms with E-state index in [1.807, 2.05) is 6.92 Å². The molecule has 1 saturated heterocycles. The van der Waals surface area contributed by atoms with Crippen molar-refractivity contribution < 1.29 is 9.53 Å². The second-order valence-electron chi connectivity index (χ2n) is 3.70. The van der Waals surface area contributed by atoms with E-state index in [4.69, 9.17) is 16.3 Å². The average molecular weight is 220 g/mol. The molecule has 1 fully saturated rings. The Balaban J connectivity index is 2.18. The number of amides is 1. The largest absolute Gasteiger partial charge is 0.376 e. The Morgan fingerprint density at radius 1 is 1.71 bits per heavy atom. The summed E-state index contributed by atoms with van der Waals surface area (Å²) in [5.41, 5.74) is 0. The molecule has 0 bridgehead atoms. The first kappa shape index (κ1) is 11.8. The first-order valence-corrected chi connectivity index (χ1v) is 5.74. The van der Waals surface area contributed by atoms with Gasteiger partial charge in [-0.25, -0.2) is 0 Å². The highest BCUT2D eigenvalue weighted by molar-refractivity contribution is 6.17. The number of ether oxygens (including phenoxy) is 1. The minimum atomic E-state index is 0.0775. The van der Waals surface area contributed by atoms with Gasteiger partial charge in [-0.05, 0) is 26.2 Å². The van der Waals surface area contributed by atoms with Gasteiger partial charge in [0.05, 0.1) is 12.1 Å². The fourth-order valence-electron chi connectivity index (χ4n) is 1.64. The molecule has 14 heavy (non-hydrogen) atoms. The molecule has 1 aliphatic heterocycles. The molecule has 2 unspecified atom stereocenters. The maximum absolute atomic E-state index is 11.3. The Bertz CT molecular complexity index is 181. The van der Waals surface area contributed by atoms with Crippen LogP contribution >= 0.6 is 11.6 Å². The van der Waals surface area contributed by atoms with E-state index in [-0.39, 0.29) is 18.1 Å². The Morgan fingerprint density at radius 3 is 3.07 bits per heavy atom. The highest BCUT2D eigenvalue weighted by Gasteiger charge is 2.23. The lowest BCUT2D eigenvalue weighted by Gasteiger charge is -2.19. The minimum absolute atomic E-state index is 0.0775. The van der Waals surface area contributed by atoms with Crippen LogP contribution < -0.4 is 5.32 Å². The van der Waals surface area contributed by atoms with E-state index in [1.165, 1.54) is 0 Å². The Labute approximate surface area is 90.1 Å². The SMILES string of the molecule is CC(NC(=O)CCCCl)C1CCCO1. The molecular formula is C10H18ClNO2. The summed E-state index contributed by atoms with van der Waals surface area (Å²) < 4.78 is 5.48.